The number of fused-ring (bicyclic) bond motifs is 2. The standard InChI is InChI=1S/C17H14N4O/c1-11-9-17(13-10-12(22-2)7-8-14(13)18-11)21-16-6-4-3-5-15(16)19-20-21/h3-10H,1-2H3. The molecule has 0 unspecified atom stereocenters. The number of aryl methyl sites for hydroxylation is 1. The van der Waals surface area contributed by atoms with E-state index in [1.54, 1.807) is 7.11 Å². The summed E-state index contributed by atoms with van der Waals surface area (Å²) in [5.74, 6) is 0.795. The van der Waals surface area contributed by atoms with Crippen molar-refractivity contribution >= 4 is 21.9 Å². The van der Waals surface area contributed by atoms with Crippen LogP contribution in [-0.2, 0) is 0 Å². The minimum absolute atomic E-state index is 0.795. The van der Waals surface area contributed by atoms with Crippen molar-refractivity contribution in [2.75, 3.05) is 7.11 Å². The van der Waals surface area contributed by atoms with Crippen LogP contribution in [0.15, 0.2) is 48.5 Å². The smallest absolute Gasteiger partial charge is 0.119 e. The molecule has 0 atom stereocenters. The van der Waals surface area contributed by atoms with Crippen LogP contribution >= 0.6 is 0 Å². The number of rotatable bonds is 2. The summed E-state index contributed by atoms with van der Waals surface area (Å²) in [6.45, 7) is 1.98. The van der Waals surface area contributed by atoms with Gasteiger partial charge in [-0.1, -0.05) is 17.3 Å². The van der Waals surface area contributed by atoms with Crippen LogP contribution in [0.25, 0.3) is 27.6 Å². The number of para-hydroxylation sites is 1. The van der Waals surface area contributed by atoms with Crippen LogP contribution in [0.5, 0.6) is 5.75 Å². The van der Waals surface area contributed by atoms with Gasteiger partial charge < -0.3 is 4.74 Å². The highest BCUT2D eigenvalue weighted by Gasteiger charge is 2.11. The van der Waals surface area contributed by atoms with Crippen LogP contribution in [0.3, 0.4) is 0 Å². The Balaban J connectivity index is 2.08. The molecule has 0 N–H and O–H groups in total. The molecule has 0 spiro atoms. The Bertz CT molecular complexity index is 990. The average molecular weight is 290 g/mol. The van der Waals surface area contributed by atoms with E-state index < -0.39 is 0 Å². The number of nitrogens with zero attached hydrogens (tertiary/aromatic N) is 4. The van der Waals surface area contributed by atoms with Crippen LogP contribution in [0.2, 0.25) is 0 Å². The lowest BCUT2D eigenvalue weighted by atomic mass is 10.1. The molecule has 0 bridgehead atoms. The van der Waals surface area contributed by atoms with Gasteiger partial charge in [-0.15, -0.1) is 5.10 Å². The molecule has 0 aliphatic heterocycles. The molecule has 0 fully saturated rings. The summed E-state index contributed by atoms with van der Waals surface area (Å²) in [7, 11) is 1.66. The number of aromatic nitrogens is 4. The molecule has 0 saturated carbocycles. The molecule has 4 rings (SSSR count). The van der Waals surface area contributed by atoms with Crippen molar-refractivity contribution in [3.05, 3.63) is 54.2 Å². The van der Waals surface area contributed by atoms with Gasteiger partial charge in [0.15, 0.2) is 0 Å². The Morgan fingerprint density at radius 2 is 1.86 bits per heavy atom. The maximum Gasteiger partial charge on any atom is 0.119 e. The number of methoxy groups -OCH3 is 1. The van der Waals surface area contributed by atoms with E-state index in [-0.39, 0.29) is 0 Å². The van der Waals surface area contributed by atoms with E-state index in [4.69, 9.17) is 4.74 Å². The van der Waals surface area contributed by atoms with Gasteiger partial charge in [-0.05, 0) is 43.3 Å². The first-order valence-corrected chi connectivity index (χ1v) is 7.02. The third-order valence-corrected chi connectivity index (χ3v) is 3.70. The summed E-state index contributed by atoms with van der Waals surface area (Å²) in [5.41, 5.74) is 4.64. The van der Waals surface area contributed by atoms with E-state index in [1.807, 2.05) is 60.1 Å². The summed E-state index contributed by atoms with van der Waals surface area (Å²) < 4.78 is 7.19. The zero-order chi connectivity index (χ0) is 15.1. The first-order chi connectivity index (χ1) is 10.8. The lowest BCUT2D eigenvalue weighted by molar-refractivity contribution is 0.415. The fourth-order valence-corrected chi connectivity index (χ4v) is 2.66. The average Bonchev–Trinajstić information content (AvgIpc) is 2.97. The van der Waals surface area contributed by atoms with E-state index >= 15 is 0 Å². The molecule has 5 heteroatoms. The summed E-state index contributed by atoms with van der Waals surface area (Å²) in [6.07, 6.45) is 0. The Morgan fingerprint density at radius 1 is 1.00 bits per heavy atom. The van der Waals surface area contributed by atoms with Crippen LogP contribution in [0.1, 0.15) is 5.69 Å². The highest BCUT2D eigenvalue weighted by atomic mass is 16.5. The normalized spacial score (nSPS) is 11.2. The molecule has 108 valence electrons. The summed E-state index contributed by atoms with van der Waals surface area (Å²) >= 11 is 0. The minimum atomic E-state index is 0.795. The molecular weight excluding hydrogens is 276 g/mol. The number of ether oxygens (including phenoxy) is 1. The first kappa shape index (κ1) is 12.8. The second kappa shape index (κ2) is 4.80. The zero-order valence-corrected chi connectivity index (χ0v) is 12.3. The SMILES string of the molecule is COc1ccc2nc(C)cc(-n3nnc4ccccc43)c2c1. The van der Waals surface area contributed by atoms with Gasteiger partial charge in [-0.2, -0.15) is 0 Å². The van der Waals surface area contributed by atoms with Crippen LogP contribution < -0.4 is 4.74 Å². The van der Waals surface area contributed by atoms with Crippen molar-refractivity contribution in [2.45, 2.75) is 6.92 Å². The van der Waals surface area contributed by atoms with Gasteiger partial charge in [0.05, 0.1) is 23.8 Å². The fourth-order valence-electron chi connectivity index (χ4n) is 2.66. The van der Waals surface area contributed by atoms with Gasteiger partial charge >= 0.3 is 0 Å². The quantitative estimate of drug-likeness (QED) is 0.568. The Labute approximate surface area is 127 Å². The lowest BCUT2D eigenvalue weighted by Gasteiger charge is -2.09. The van der Waals surface area contributed by atoms with E-state index in [1.165, 1.54) is 0 Å². The summed E-state index contributed by atoms with van der Waals surface area (Å²) in [5, 5.41) is 9.53. The van der Waals surface area contributed by atoms with E-state index in [0.717, 1.165) is 39.1 Å². The summed E-state index contributed by atoms with van der Waals surface area (Å²) in [4.78, 5) is 4.58. The predicted molar refractivity (Wildman–Crippen MR) is 85.5 cm³/mol. The molecule has 0 amide bonds. The largest absolute Gasteiger partial charge is 0.497 e. The molecule has 2 aromatic heterocycles. The number of hydrogen-bond donors (Lipinski definition) is 0. The van der Waals surface area contributed by atoms with Gasteiger partial charge in [0.25, 0.3) is 0 Å². The molecule has 2 aromatic carbocycles. The zero-order valence-electron chi connectivity index (χ0n) is 12.3. The third kappa shape index (κ3) is 1.90. The van der Waals surface area contributed by atoms with Crippen molar-refractivity contribution in [2.24, 2.45) is 0 Å². The van der Waals surface area contributed by atoms with Crippen molar-refractivity contribution in [1.29, 1.82) is 0 Å². The van der Waals surface area contributed by atoms with Gasteiger partial charge in [0.2, 0.25) is 0 Å². The highest BCUT2D eigenvalue weighted by molar-refractivity contribution is 5.90. The van der Waals surface area contributed by atoms with Crippen molar-refractivity contribution in [1.82, 2.24) is 20.0 Å². The van der Waals surface area contributed by atoms with Crippen molar-refractivity contribution < 1.29 is 4.74 Å². The second-order valence-electron chi connectivity index (χ2n) is 5.16. The molecule has 0 aliphatic carbocycles. The Hall–Kier alpha value is -2.95. The fraction of sp³-hybridized carbons (Fsp3) is 0.118. The van der Waals surface area contributed by atoms with Crippen LogP contribution in [0, 0.1) is 6.92 Å². The molecule has 4 aromatic rings. The third-order valence-electron chi connectivity index (χ3n) is 3.70. The topological polar surface area (TPSA) is 52.8 Å². The number of hydrogen-bond acceptors (Lipinski definition) is 4. The van der Waals surface area contributed by atoms with Crippen LogP contribution in [0.4, 0.5) is 0 Å². The van der Waals surface area contributed by atoms with Gasteiger partial charge in [0, 0.05) is 11.1 Å². The summed E-state index contributed by atoms with van der Waals surface area (Å²) in [6, 6.07) is 15.8. The van der Waals surface area contributed by atoms with E-state index in [2.05, 4.69) is 15.3 Å². The number of benzene rings is 2. The number of pyridine rings is 1. The van der Waals surface area contributed by atoms with Crippen molar-refractivity contribution in [3.63, 3.8) is 0 Å². The maximum atomic E-state index is 5.34. The monoisotopic (exact) mass is 290 g/mol. The Morgan fingerprint density at radius 3 is 2.73 bits per heavy atom. The highest BCUT2D eigenvalue weighted by Crippen LogP contribution is 2.27. The van der Waals surface area contributed by atoms with Gasteiger partial charge in [0.1, 0.15) is 11.3 Å². The molecule has 5 nitrogen and oxygen atoms in total. The molecule has 2 heterocycles. The first-order valence-electron chi connectivity index (χ1n) is 7.02. The van der Waals surface area contributed by atoms with E-state index in [9.17, 15) is 0 Å². The molecular formula is C17H14N4O. The van der Waals surface area contributed by atoms with Gasteiger partial charge in [-0.25, -0.2) is 4.68 Å². The van der Waals surface area contributed by atoms with E-state index in [0.29, 0.717) is 0 Å². The molecule has 0 aliphatic rings. The Kier molecular flexibility index (Phi) is 2.79. The molecule has 0 saturated heterocycles. The lowest BCUT2D eigenvalue weighted by Crippen LogP contribution is -2.00. The molecule has 0 radical (unpaired) electrons. The minimum Gasteiger partial charge on any atom is -0.497 e. The van der Waals surface area contributed by atoms with Crippen molar-refractivity contribution in [3.8, 4) is 11.4 Å². The van der Waals surface area contributed by atoms with Crippen LogP contribution in [-0.4, -0.2) is 27.1 Å². The molecule has 22 heavy (non-hydrogen) atoms. The maximum absolute atomic E-state index is 5.34. The second-order valence-corrected chi connectivity index (χ2v) is 5.16. The van der Waals surface area contributed by atoms with Gasteiger partial charge in [-0.3, -0.25) is 4.98 Å². The predicted octanol–water partition coefficient (Wildman–Crippen LogP) is 3.29.